The molecule has 0 rings (SSSR count). The molecule has 0 aromatic carbocycles. The highest BCUT2D eigenvalue weighted by atomic mass is 127. The van der Waals surface area contributed by atoms with Crippen molar-refractivity contribution in [3.63, 3.8) is 0 Å². The van der Waals surface area contributed by atoms with Gasteiger partial charge in [-0.25, -0.2) is 0 Å². The molecule has 0 N–H and O–H groups in total. The van der Waals surface area contributed by atoms with Crippen molar-refractivity contribution < 1.29 is 18.4 Å². The van der Waals surface area contributed by atoms with Crippen molar-refractivity contribution in [3.8, 4) is 0 Å². The Hall–Kier alpha value is 0.520. The predicted octanol–water partition coefficient (Wildman–Crippen LogP) is 4.04. The fourth-order valence-corrected chi connectivity index (χ4v) is 2.05. The SMILES string of the molecule is CC(CF)(CCC(=O)OC(C)(C)C)COPI. The van der Waals surface area contributed by atoms with Crippen LogP contribution in [0.5, 0.6) is 0 Å². The van der Waals surface area contributed by atoms with Crippen molar-refractivity contribution in [2.75, 3.05) is 13.3 Å². The van der Waals surface area contributed by atoms with Crippen LogP contribution < -0.4 is 0 Å². The zero-order valence-electron chi connectivity index (χ0n) is 10.8. The largest absolute Gasteiger partial charge is 0.460 e. The van der Waals surface area contributed by atoms with Gasteiger partial charge in [0.05, 0.1) is 19.7 Å². The number of carbonyl (C=O) groups excluding carboxylic acids is 1. The second kappa shape index (κ2) is 7.85. The summed E-state index contributed by atoms with van der Waals surface area (Å²) in [5.41, 5.74) is -1.07. The molecule has 0 aromatic heterocycles. The number of halogens is 2. The molecule has 0 heterocycles. The molecular formula is C11H21FIO3P. The van der Waals surface area contributed by atoms with E-state index in [1.54, 1.807) is 6.92 Å². The lowest BCUT2D eigenvalue weighted by Crippen LogP contribution is -2.28. The summed E-state index contributed by atoms with van der Waals surface area (Å²) in [6.07, 6.45) is 0.672. The van der Waals surface area contributed by atoms with Crippen molar-refractivity contribution in [1.29, 1.82) is 0 Å². The van der Waals surface area contributed by atoms with Gasteiger partial charge < -0.3 is 9.26 Å². The Kier molecular flexibility index (Phi) is 8.09. The third-order valence-electron chi connectivity index (χ3n) is 2.15. The molecule has 6 heteroatoms. The van der Waals surface area contributed by atoms with Crippen molar-refractivity contribution in [1.82, 2.24) is 0 Å². The van der Waals surface area contributed by atoms with Crippen LogP contribution in [0, 0.1) is 5.41 Å². The zero-order valence-corrected chi connectivity index (χ0v) is 14.0. The van der Waals surface area contributed by atoms with Gasteiger partial charge in [0.15, 0.2) is 0 Å². The summed E-state index contributed by atoms with van der Waals surface area (Å²) in [4.78, 5) is 11.5. The van der Waals surface area contributed by atoms with E-state index in [4.69, 9.17) is 9.26 Å². The minimum absolute atomic E-state index is 0.228. The Morgan fingerprint density at radius 1 is 1.35 bits per heavy atom. The molecule has 0 aliphatic heterocycles. The normalized spacial score (nSPS) is 16.1. The Morgan fingerprint density at radius 2 is 1.94 bits per heavy atom. The van der Waals surface area contributed by atoms with Crippen LogP contribution in [-0.4, -0.2) is 24.9 Å². The molecule has 0 bridgehead atoms. The van der Waals surface area contributed by atoms with E-state index in [9.17, 15) is 9.18 Å². The molecular weight excluding hydrogens is 357 g/mol. The van der Waals surface area contributed by atoms with Crippen LogP contribution in [0.15, 0.2) is 0 Å². The molecule has 0 aliphatic rings. The molecule has 0 aliphatic carbocycles. The number of alkyl halides is 1. The number of ether oxygens (including phenoxy) is 1. The number of rotatable bonds is 7. The van der Waals surface area contributed by atoms with Gasteiger partial charge in [0.1, 0.15) is 5.60 Å². The Labute approximate surface area is 118 Å². The van der Waals surface area contributed by atoms with Crippen LogP contribution in [0.3, 0.4) is 0 Å². The Bertz CT molecular complexity index is 245. The fourth-order valence-electron chi connectivity index (χ4n) is 1.18. The highest BCUT2D eigenvalue weighted by Gasteiger charge is 2.27. The lowest BCUT2D eigenvalue weighted by Gasteiger charge is -2.26. The van der Waals surface area contributed by atoms with Crippen LogP contribution in [-0.2, 0) is 14.1 Å². The predicted molar refractivity (Wildman–Crippen MR) is 77.4 cm³/mol. The lowest BCUT2D eigenvalue weighted by atomic mass is 9.88. The number of carbonyl (C=O) groups is 1. The summed E-state index contributed by atoms with van der Waals surface area (Å²) in [5.74, 6) is -0.283. The first-order valence-corrected chi connectivity index (χ1v) is 9.50. The zero-order chi connectivity index (χ0) is 13.5. The number of hydrogen-bond donors (Lipinski definition) is 0. The second-order valence-corrected chi connectivity index (χ2v) is 7.16. The maximum atomic E-state index is 12.9. The minimum atomic E-state index is -0.588. The smallest absolute Gasteiger partial charge is 0.306 e. The molecule has 0 saturated carbocycles. The highest BCUT2D eigenvalue weighted by Crippen LogP contribution is 2.31. The van der Waals surface area contributed by atoms with Gasteiger partial charge in [0.2, 0.25) is 0 Å². The number of hydrogen-bond acceptors (Lipinski definition) is 3. The van der Waals surface area contributed by atoms with Crippen LogP contribution in [0.1, 0.15) is 40.5 Å². The molecule has 0 amide bonds. The summed E-state index contributed by atoms with van der Waals surface area (Å²) in [6.45, 7) is 7.41. The maximum Gasteiger partial charge on any atom is 0.306 e. The van der Waals surface area contributed by atoms with Crippen LogP contribution in [0.2, 0.25) is 0 Å². The van der Waals surface area contributed by atoms with E-state index in [-0.39, 0.29) is 12.4 Å². The monoisotopic (exact) mass is 378 g/mol. The Morgan fingerprint density at radius 3 is 2.35 bits per heavy atom. The highest BCUT2D eigenvalue weighted by molar-refractivity contribution is 14.2. The van der Waals surface area contributed by atoms with Gasteiger partial charge in [-0.3, -0.25) is 9.18 Å². The standard InChI is InChI=1S/C11H21FIO3P/c1-10(2,3)16-9(14)5-6-11(4,7-12)8-15-17-13/h17H,5-8H2,1-4H3. The van der Waals surface area contributed by atoms with Gasteiger partial charge in [-0.2, -0.15) is 0 Å². The van der Waals surface area contributed by atoms with E-state index in [0.29, 0.717) is 19.5 Å². The lowest BCUT2D eigenvalue weighted by molar-refractivity contribution is -0.155. The first-order chi connectivity index (χ1) is 7.72. The van der Waals surface area contributed by atoms with E-state index in [1.807, 2.05) is 20.8 Å². The van der Waals surface area contributed by atoms with Gasteiger partial charge in [-0.1, -0.05) is 6.92 Å². The van der Waals surface area contributed by atoms with Gasteiger partial charge in [0, 0.05) is 11.8 Å². The number of esters is 1. The summed E-state index contributed by atoms with van der Waals surface area (Å²) in [5, 5.41) is 0. The first kappa shape index (κ1) is 17.5. The summed E-state index contributed by atoms with van der Waals surface area (Å²) in [7, 11) is 0. The van der Waals surface area contributed by atoms with E-state index >= 15 is 0 Å². The third-order valence-corrected chi connectivity index (χ3v) is 3.34. The molecule has 17 heavy (non-hydrogen) atoms. The van der Waals surface area contributed by atoms with Gasteiger partial charge in [-0.05, 0) is 49.2 Å². The average molecular weight is 378 g/mol. The van der Waals surface area contributed by atoms with Crippen LogP contribution >= 0.6 is 28.5 Å². The second-order valence-electron chi connectivity index (χ2n) is 5.40. The molecule has 0 saturated heterocycles. The molecule has 0 aromatic rings. The maximum absolute atomic E-state index is 12.9. The molecule has 0 radical (unpaired) electrons. The molecule has 0 fully saturated rings. The summed E-state index contributed by atoms with van der Waals surface area (Å²) in [6, 6.07) is 0. The van der Waals surface area contributed by atoms with E-state index in [2.05, 4.69) is 22.0 Å². The topological polar surface area (TPSA) is 35.5 Å². The van der Waals surface area contributed by atoms with Crippen molar-refractivity contribution in [3.05, 3.63) is 0 Å². The van der Waals surface area contributed by atoms with E-state index in [1.165, 1.54) is 0 Å². The van der Waals surface area contributed by atoms with Crippen molar-refractivity contribution >= 4 is 34.5 Å². The molecule has 102 valence electrons. The minimum Gasteiger partial charge on any atom is -0.460 e. The van der Waals surface area contributed by atoms with Gasteiger partial charge in [0.25, 0.3) is 0 Å². The van der Waals surface area contributed by atoms with Gasteiger partial charge in [-0.15, -0.1) is 0 Å². The third kappa shape index (κ3) is 9.14. The molecule has 0 spiro atoms. The average Bonchev–Trinajstić information content (AvgIpc) is 2.21. The summed E-state index contributed by atoms with van der Waals surface area (Å²) >= 11 is 2.09. The van der Waals surface area contributed by atoms with E-state index in [0.717, 1.165) is 0 Å². The fraction of sp³-hybridized carbons (Fsp3) is 0.909. The Balaban J connectivity index is 4.09. The van der Waals surface area contributed by atoms with E-state index < -0.39 is 17.7 Å². The first-order valence-electron chi connectivity index (χ1n) is 5.48. The van der Waals surface area contributed by atoms with Crippen LogP contribution in [0.4, 0.5) is 4.39 Å². The van der Waals surface area contributed by atoms with Crippen molar-refractivity contribution in [2.24, 2.45) is 5.41 Å². The molecule has 2 unspecified atom stereocenters. The molecule has 3 nitrogen and oxygen atoms in total. The molecule has 2 atom stereocenters. The quantitative estimate of drug-likeness (QED) is 0.381. The van der Waals surface area contributed by atoms with Gasteiger partial charge >= 0.3 is 5.97 Å². The van der Waals surface area contributed by atoms with Crippen molar-refractivity contribution in [2.45, 2.75) is 46.1 Å². The van der Waals surface area contributed by atoms with Crippen LogP contribution in [0.25, 0.3) is 0 Å². The summed E-state index contributed by atoms with van der Waals surface area (Å²) < 4.78 is 23.3.